The maximum atomic E-state index is 10.3. The standard InChI is InChI=1S/C14H16O3/c1-10(2)11-7-8-13(17-3)12(9-11)5-4-6-14(15)16/h7-10H,5H2,1-3H3,(H,15,16). The number of benzene rings is 1. The van der Waals surface area contributed by atoms with E-state index in [0.29, 0.717) is 12.3 Å². The normalized spacial score (nSPS) is 9.65. The van der Waals surface area contributed by atoms with E-state index in [1.807, 2.05) is 18.2 Å². The Bertz CT molecular complexity index is 464. The van der Waals surface area contributed by atoms with Gasteiger partial charge in [0.2, 0.25) is 0 Å². The molecule has 0 bridgehead atoms. The van der Waals surface area contributed by atoms with E-state index in [1.165, 1.54) is 5.56 Å². The van der Waals surface area contributed by atoms with Gasteiger partial charge in [-0.05, 0) is 17.5 Å². The van der Waals surface area contributed by atoms with Crippen molar-refractivity contribution in [2.75, 3.05) is 7.11 Å². The highest BCUT2D eigenvalue weighted by Gasteiger charge is 2.05. The molecule has 0 atom stereocenters. The molecule has 1 aromatic rings. The monoisotopic (exact) mass is 232 g/mol. The van der Waals surface area contributed by atoms with Gasteiger partial charge >= 0.3 is 5.97 Å². The first-order chi connectivity index (χ1) is 8.04. The maximum Gasteiger partial charge on any atom is 0.381 e. The minimum atomic E-state index is -1.11. The Kier molecular flexibility index (Phi) is 4.59. The zero-order valence-corrected chi connectivity index (χ0v) is 10.3. The second kappa shape index (κ2) is 5.95. The molecule has 3 nitrogen and oxygen atoms in total. The number of methoxy groups -OCH3 is 1. The molecule has 90 valence electrons. The van der Waals surface area contributed by atoms with Crippen molar-refractivity contribution < 1.29 is 14.6 Å². The van der Waals surface area contributed by atoms with Gasteiger partial charge in [0, 0.05) is 17.9 Å². The molecule has 0 aromatic heterocycles. The van der Waals surface area contributed by atoms with Gasteiger partial charge in [0.1, 0.15) is 5.75 Å². The van der Waals surface area contributed by atoms with E-state index in [1.54, 1.807) is 7.11 Å². The van der Waals surface area contributed by atoms with Crippen molar-refractivity contribution in [3.05, 3.63) is 29.3 Å². The summed E-state index contributed by atoms with van der Waals surface area (Å²) in [6, 6.07) is 5.92. The van der Waals surface area contributed by atoms with Gasteiger partial charge in [-0.3, -0.25) is 0 Å². The van der Waals surface area contributed by atoms with Crippen LogP contribution in [-0.4, -0.2) is 18.2 Å². The number of carbonyl (C=O) groups is 1. The van der Waals surface area contributed by atoms with Crippen LogP contribution in [-0.2, 0) is 11.2 Å². The molecule has 0 aliphatic rings. The van der Waals surface area contributed by atoms with Crippen molar-refractivity contribution in [2.24, 2.45) is 0 Å². The lowest BCUT2D eigenvalue weighted by molar-refractivity contribution is -0.130. The first-order valence-corrected chi connectivity index (χ1v) is 5.43. The molecule has 0 saturated carbocycles. The zero-order valence-electron chi connectivity index (χ0n) is 10.3. The van der Waals surface area contributed by atoms with E-state index in [9.17, 15) is 4.79 Å². The molecular weight excluding hydrogens is 216 g/mol. The number of carboxylic acids is 1. The van der Waals surface area contributed by atoms with Crippen LogP contribution in [0.3, 0.4) is 0 Å². The van der Waals surface area contributed by atoms with Gasteiger partial charge in [-0.2, -0.15) is 0 Å². The average Bonchev–Trinajstić information content (AvgIpc) is 2.28. The van der Waals surface area contributed by atoms with E-state index in [4.69, 9.17) is 9.84 Å². The van der Waals surface area contributed by atoms with E-state index in [2.05, 4.69) is 25.7 Å². The molecule has 0 aliphatic heterocycles. The van der Waals surface area contributed by atoms with Gasteiger partial charge in [-0.25, -0.2) is 4.79 Å². The fourth-order valence-corrected chi connectivity index (χ4v) is 1.51. The third kappa shape index (κ3) is 3.84. The Labute approximate surface area is 101 Å². The number of ether oxygens (including phenoxy) is 1. The second-order valence-corrected chi connectivity index (χ2v) is 4.01. The molecule has 17 heavy (non-hydrogen) atoms. The highest BCUT2D eigenvalue weighted by molar-refractivity contribution is 5.86. The van der Waals surface area contributed by atoms with Gasteiger partial charge in [0.05, 0.1) is 7.11 Å². The summed E-state index contributed by atoms with van der Waals surface area (Å²) in [6.07, 6.45) is 0.385. The van der Waals surface area contributed by atoms with Crippen LogP contribution < -0.4 is 4.74 Å². The van der Waals surface area contributed by atoms with Crippen LogP contribution in [0.2, 0.25) is 0 Å². The number of rotatable bonds is 3. The van der Waals surface area contributed by atoms with Gasteiger partial charge in [0.25, 0.3) is 0 Å². The molecule has 1 aromatic carbocycles. The predicted octanol–water partition coefficient (Wildman–Crippen LogP) is 2.45. The zero-order chi connectivity index (χ0) is 12.8. The minimum Gasteiger partial charge on any atom is -0.496 e. The highest BCUT2D eigenvalue weighted by Crippen LogP contribution is 2.24. The van der Waals surface area contributed by atoms with E-state index >= 15 is 0 Å². The minimum absolute atomic E-state index is 0.385. The Balaban J connectivity index is 2.99. The van der Waals surface area contributed by atoms with Crippen LogP contribution in [0.15, 0.2) is 18.2 Å². The van der Waals surface area contributed by atoms with Gasteiger partial charge in [-0.1, -0.05) is 31.9 Å². The van der Waals surface area contributed by atoms with Crippen LogP contribution in [0.4, 0.5) is 0 Å². The van der Waals surface area contributed by atoms with Crippen molar-refractivity contribution in [3.8, 4) is 17.6 Å². The van der Waals surface area contributed by atoms with Crippen molar-refractivity contribution >= 4 is 5.97 Å². The summed E-state index contributed by atoms with van der Waals surface area (Å²) in [6.45, 7) is 4.21. The second-order valence-electron chi connectivity index (χ2n) is 4.01. The molecule has 0 fully saturated rings. The third-order valence-electron chi connectivity index (χ3n) is 2.45. The molecule has 3 heteroatoms. The van der Waals surface area contributed by atoms with Crippen LogP contribution in [0.25, 0.3) is 0 Å². The van der Waals surface area contributed by atoms with Crippen LogP contribution in [0, 0.1) is 11.8 Å². The quantitative estimate of drug-likeness (QED) is 0.814. The molecular formula is C14H16O3. The lowest BCUT2D eigenvalue weighted by Gasteiger charge is -2.10. The van der Waals surface area contributed by atoms with Crippen LogP contribution in [0.5, 0.6) is 5.75 Å². The molecule has 1 N–H and O–H groups in total. The summed E-state index contributed by atoms with van der Waals surface area (Å²) in [5.74, 6) is 4.78. The van der Waals surface area contributed by atoms with E-state index in [0.717, 1.165) is 11.3 Å². The van der Waals surface area contributed by atoms with Crippen LogP contribution >= 0.6 is 0 Å². The van der Waals surface area contributed by atoms with Crippen molar-refractivity contribution in [1.29, 1.82) is 0 Å². The highest BCUT2D eigenvalue weighted by atomic mass is 16.5. The summed E-state index contributed by atoms with van der Waals surface area (Å²) >= 11 is 0. The number of carboxylic acid groups (broad SMARTS) is 1. The smallest absolute Gasteiger partial charge is 0.381 e. The Morgan fingerprint density at radius 2 is 2.18 bits per heavy atom. The average molecular weight is 232 g/mol. The summed E-state index contributed by atoms with van der Waals surface area (Å²) in [7, 11) is 1.60. The lowest BCUT2D eigenvalue weighted by Crippen LogP contribution is -1.96. The van der Waals surface area contributed by atoms with Crippen LogP contribution in [0.1, 0.15) is 30.9 Å². The molecule has 0 unspecified atom stereocenters. The largest absolute Gasteiger partial charge is 0.496 e. The Morgan fingerprint density at radius 3 is 2.71 bits per heavy atom. The predicted molar refractivity (Wildman–Crippen MR) is 66.2 cm³/mol. The Morgan fingerprint density at radius 1 is 1.47 bits per heavy atom. The van der Waals surface area contributed by atoms with Gasteiger partial charge in [0.15, 0.2) is 0 Å². The van der Waals surface area contributed by atoms with Gasteiger partial charge < -0.3 is 9.84 Å². The molecule has 0 aliphatic carbocycles. The first kappa shape index (κ1) is 13.1. The summed E-state index contributed by atoms with van der Waals surface area (Å²) in [4.78, 5) is 10.3. The molecule has 0 radical (unpaired) electrons. The van der Waals surface area contributed by atoms with Crippen molar-refractivity contribution in [3.63, 3.8) is 0 Å². The fourth-order valence-electron chi connectivity index (χ4n) is 1.51. The number of aliphatic carboxylic acids is 1. The molecule has 0 saturated heterocycles. The Hall–Kier alpha value is -1.95. The molecule has 0 heterocycles. The number of hydrogen-bond acceptors (Lipinski definition) is 2. The SMILES string of the molecule is COc1ccc(C(C)C)cc1CC#CC(=O)O. The molecule has 0 amide bonds. The summed E-state index contributed by atoms with van der Waals surface area (Å²) in [5.41, 5.74) is 2.12. The topological polar surface area (TPSA) is 46.5 Å². The third-order valence-corrected chi connectivity index (χ3v) is 2.45. The lowest BCUT2D eigenvalue weighted by atomic mass is 9.99. The first-order valence-electron chi connectivity index (χ1n) is 5.43. The van der Waals surface area contributed by atoms with Crippen molar-refractivity contribution in [2.45, 2.75) is 26.2 Å². The van der Waals surface area contributed by atoms with E-state index < -0.39 is 5.97 Å². The summed E-state index contributed by atoms with van der Waals surface area (Å²) in [5, 5.41) is 8.46. The van der Waals surface area contributed by atoms with Crippen molar-refractivity contribution in [1.82, 2.24) is 0 Å². The number of hydrogen-bond donors (Lipinski definition) is 1. The summed E-state index contributed by atoms with van der Waals surface area (Å²) < 4.78 is 5.22. The fraction of sp³-hybridized carbons (Fsp3) is 0.357. The molecule has 1 rings (SSSR count). The molecule has 0 spiro atoms. The maximum absolute atomic E-state index is 10.3. The van der Waals surface area contributed by atoms with Gasteiger partial charge in [-0.15, -0.1) is 0 Å². The van der Waals surface area contributed by atoms with E-state index in [-0.39, 0.29) is 0 Å².